The first-order chi connectivity index (χ1) is 8.45. The molecular formula is C11H13F3O4S. The normalized spacial score (nSPS) is 21.5. The molecule has 0 radical (unpaired) electrons. The SMILES string of the molecule is C=C(C)C1CC(=O)C(C)=C(OS(=O)(=O)C(F)(F)F)C1. The Kier molecular flexibility index (Phi) is 4.14. The highest BCUT2D eigenvalue weighted by atomic mass is 32.2. The number of carbonyl (C=O) groups excluding carboxylic acids is 1. The topological polar surface area (TPSA) is 60.4 Å². The van der Waals surface area contributed by atoms with E-state index >= 15 is 0 Å². The van der Waals surface area contributed by atoms with Gasteiger partial charge in [-0.15, -0.1) is 0 Å². The van der Waals surface area contributed by atoms with Crippen molar-refractivity contribution in [3.8, 4) is 0 Å². The molecule has 0 aromatic rings. The van der Waals surface area contributed by atoms with Gasteiger partial charge in [0.1, 0.15) is 5.76 Å². The summed E-state index contributed by atoms with van der Waals surface area (Å²) in [5.41, 5.74) is -5.02. The zero-order valence-corrected chi connectivity index (χ0v) is 11.2. The minimum absolute atomic E-state index is 0.0811. The van der Waals surface area contributed by atoms with Crippen molar-refractivity contribution in [3.05, 3.63) is 23.5 Å². The van der Waals surface area contributed by atoms with E-state index in [0.717, 1.165) is 0 Å². The largest absolute Gasteiger partial charge is 0.534 e. The van der Waals surface area contributed by atoms with Crippen molar-refractivity contribution in [2.24, 2.45) is 5.92 Å². The van der Waals surface area contributed by atoms with E-state index < -0.39 is 33.1 Å². The molecule has 0 heterocycles. The Morgan fingerprint density at radius 1 is 1.37 bits per heavy atom. The second-order valence-electron chi connectivity index (χ2n) is 4.41. The minimum Gasteiger partial charge on any atom is -0.380 e. The second kappa shape index (κ2) is 4.99. The Balaban J connectivity index is 3.09. The summed E-state index contributed by atoms with van der Waals surface area (Å²) in [5, 5.41) is 0. The van der Waals surface area contributed by atoms with Gasteiger partial charge in [-0.25, -0.2) is 0 Å². The molecule has 19 heavy (non-hydrogen) atoms. The predicted octanol–water partition coefficient (Wildman–Crippen LogP) is 2.68. The van der Waals surface area contributed by atoms with Gasteiger partial charge in [0.25, 0.3) is 0 Å². The van der Waals surface area contributed by atoms with Gasteiger partial charge in [0.05, 0.1) is 0 Å². The molecule has 1 rings (SSSR count). The molecular weight excluding hydrogens is 285 g/mol. The first kappa shape index (κ1) is 15.7. The summed E-state index contributed by atoms with van der Waals surface area (Å²) in [6.07, 6.45) is 0.0162. The van der Waals surface area contributed by atoms with Crippen LogP contribution < -0.4 is 0 Å². The Labute approximate surface area is 109 Å². The van der Waals surface area contributed by atoms with E-state index in [0.29, 0.717) is 5.57 Å². The molecule has 8 heteroatoms. The van der Waals surface area contributed by atoms with Crippen LogP contribution in [-0.4, -0.2) is 19.7 Å². The maximum Gasteiger partial charge on any atom is 0.534 e. The third-order valence-corrected chi connectivity index (χ3v) is 3.88. The number of halogens is 3. The average Bonchev–Trinajstić information content (AvgIpc) is 2.22. The standard InChI is InChI=1S/C11H13F3O4S/c1-6(2)8-4-9(15)7(3)10(5-8)18-19(16,17)11(12,13)14/h8H,1,4-5H2,2-3H3. The lowest BCUT2D eigenvalue weighted by molar-refractivity contribution is -0.117. The van der Waals surface area contributed by atoms with Crippen LogP contribution in [0.3, 0.4) is 0 Å². The van der Waals surface area contributed by atoms with E-state index in [1.807, 2.05) is 0 Å². The number of allylic oxidation sites excluding steroid dienone is 3. The highest BCUT2D eigenvalue weighted by Gasteiger charge is 2.49. The van der Waals surface area contributed by atoms with Crippen LogP contribution in [0.2, 0.25) is 0 Å². The fraction of sp³-hybridized carbons (Fsp3) is 0.545. The predicted molar refractivity (Wildman–Crippen MR) is 61.3 cm³/mol. The van der Waals surface area contributed by atoms with Crippen molar-refractivity contribution in [3.63, 3.8) is 0 Å². The molecule has 4 nitrogen and oxygen atoms in total. The van der Waals surface area contributed by atoms with Gasteiger partial charge in [0.2, 0.25) is 0 Å². The minimum atomic E-state index is -5.74. The van der Waals surface area contributed by atoms with Crippen molar-refractivity contribution >= 4 is 15.9 Å². The summed E-state index contributed by atoms with van der Waals surface area (Å²) in [5.74, 6) is -1.30. The van der Waals surface area contributed by atoms with Gasteiger partial charge < -0.3 is 4.18 Å². The highest BCUT2D eigenvalue weighted by Crippen LogP contribution is 2.35. The Bertz CT molecular complexity index is 543. The molecule has 0 N–H and O–H groups in total. The molecule has 1 aliphatic carbocycles. The molecule has 108 valence electrons. The maximum atomic E-state index is 12.2. The van der Waals surface area contributed by atoms with E-state index in [4.69, 9.17) is 0 Å². The van der Waals surface area contributed by atoms with Gasteiger partial charge in [-0.05, 0) is 19.8 Å². The fourth-order valence-electron chi connectivity index (χ4n) is 1.61. The molecule has 0 aromatic heterocycles. The highest BCUT2D eigenvalue weighted by molar-refractivity contribution is 7.87. The summed E-state index contributed by atoms with van der Waals surface area (Å²) < 4.78 is 62.6. The molecule has 0 fully saturated rings. The lowest BCUT2D eigenvalue weighted by atomic mass is 9.84. The summed E-state index contributed by atoms with van der Waals surface area (Å²) in [6, 6.07) is 0. The number of ketones is 1. The first-order valence-corrected chi connectivity index (χ1v) is 6.75. The van der Waals surface area contributed by atoms with Crippen molar-refractivity contribution in [1.29, 1.82) is 0 Å². The Morgan fingerprint density at radius 3 is 2.32 bits per heavy atom. The van der Waals surface area contributed by atoms with Gasteiger partial charge in [-0.1, -0.05) is 12.2 Å². The van der Waals surface area contributed by atoms with Gasteiger partial charge >= 0.3 is 15.6 Å². The number of Topliss-reactive ketones (excluding diaryl/α,β-unsaturated/α-hetero) is 1. The number of rotatable bonds is 3. The number of hydrogen-bond acceptors (Lipinski definition) is 4. The summed E-state index contributed by atoms with van der Waals surface area (Å²) in [7, 11) is -5.74. The third-order valence-electron chi connectivity index (χ3n) is 2.89. The van der Waals surface area contributed by atoms with Gasteiger partial charge in [-0.2, -0.15) is 21.6 Å². The summed E-state index contributed by atoms with van der Waals surface area (Å²) in [6.45, 7) is 6.48. The van der Waals surface area contributed by atoms with Crippen LogP contribution in [0.5, 0.6) is 0 Å². The summed E-state index contributed by atoms with van der Waals surface area (Å²) >= 11 is 0. The lowest BCUT2D eigenvalue weighted by Crippen LogP contribution is -2.28. The van der Waals surface area contributed by atoms with Crippen LogP contribution in [0.15, 0.2) is 23.5 Å². The second-order valence-corrected chi connectivity index (χ2v) is 5.94. The van der Waals surface area contributed by atoms with Gasteiger partial charge in [0.15, 0.2) is 5.78 Å². The molecule has 0 aromatic carbocycles. The third kappa shape index (κ3) is 3.37. The van der Waals surface area contributed by atoms with Gasteiger partial charge in [-0.3, -0.25) is 4.79 Å². The van der Waals surface area contributed by atoms with Crippen LogP contribution in [0.25, 0.3) is 0 Å². The number of hydrogen-bond donors (Lipinski definition) is 0. The molecule has 1 atom stereocenters. The average molecular weight is 298 g/mol. The van der Waals surface area contributed by atoms with E-state index in [-0.39, 0.29) is 18.4 Å². The monoisotopic (exact) mass is 298 g/mol. The molecule has 0 aliphatic heterocycles. The van der Waals surface area contributed by atoms with Crippen LogP contribution in [-0.2, 0) is 19.1 Å². The maximum absolute atomic E-state index is 12.2. The molecule has 1 unspecified atom stereocenters. The van der Waals surface area contributed by atoms with Crippen LogP contribution in [0, 0.1) is 5.92 Å². The molecule has 0 saturated heterocycles. The molecule has 0 amide bonds. The van der Waals surface area contributed by atoms with Crippen LogP contribution in [0.1, 0.15) is 26.7 Å². The van der Waals surface area contributed by atoms with Crippen LogP contribution >= 0.6 is 0 Å². The molecule has 0 spiro atoms. The van der Waals surface area contributed by atoms with E-state index in [1.54, 1.807) is 6.92 Å². The van der Waals surface area contributed by atoms with Crippen molar-refractivity contribution in [2.75, 3.05) is 0 Å². The fourth-order valence-corrected chi connectivity index (χ4v) is 2.16. The first-order valence-electron chi connectivity index (χ1n) is 5.35. The molecule has 0 saturated carbocycles. The lowest BCUT2D eigenvalue weighted by Gasteiger charge is -2.25. The zero-order valence-electron chi connectivity index (χ0n) is 10.4. The van der Waals surface area contributed by atoms with E-state index in [1.165, 1.54) is 6.92 Å². The number of carbonyl (C=O) groups is 1. The molecule has 0 bridgehead atoms. The zero-order chi connectivity index (χ0) is 15.0. The van der Waals surface area contributed by atoms with Crippen molar-refractivity contribution in [1.82, 2.24) is 0 Å². The number of alkyl halides is 3. The molecule has 1 aliphatic rings. The van der Waals surface area contributed by atoms with Crippen molar-refractivity contribution in [2.45, 2.75) is 32.2 Å². The van der Waals surface area contributed by atoms with E-state index in [9.17, 15) is 26.4 Å². The quantitative estimate of drug-likeness (QED) is 0.456. The van der Waals surface area contributed by atoms with Gasteiger partial charge in [0, 0.05) is 18.4 Å². The Hall–Kier alpha value is -1.31. The van der Waals surface area contributed by atoms with Crippen molar-refractivity contribution < 1.29 is 30.6 Å². The summed E-state index contributed by atoms with van der Waals surface area (Å²) in [4.78, 5) is 11.6. The smallest absolute Gasteiger partial charge is 0.380 e. The Morgan fingerprint density at radius 2 is 1.89 bits per heavy atom. The van der Waals surface area contributed by atoms with E-state index in [2.05, 4.69) is 10.8 Å². The van der Waals surface area contributed by atoms with Crippen LogP contribution in [0.4, 0.5) is 13.2 Å².